The third-order valence-corrected chi connectivity index (χ3v) is 6.31. The third-order valence-electron chi connectivity index (χ3n) is 6.31. The molecule has 0 heterocycles. The summed E-state index contributed by atoms with van der Waals surface area (Å²) in [5.74, 6) is 3.64. The van der Waals surface area contributed by atoms with Crippen molar-refractivity contribution < 1.29 is 4.79 Å². The van der Waals surface area contributed by atoms with E-state index >= 15 is 0 Å². The van der Waals surface area contributed by atoms with Crippen molar-refractivity contribution in [3.05, 3.63) is 0 Å². The summed E-state index contributed by atoms with van der Waals surface area (Å²) >= 11 is 0. The molecule has 0 radical (unpaired) electrons. The van der Waals surface area contributed by atoms with E-state index in [1.807, 2.05) is 0 Å². The largest absolute Gasteiger partial charge is 0.299 e. The number of carbonyl (C=O) groups excluding carboxylic acids is 1. The maximum absolute atomic E-state index is 12.5. The molecular weight excluding hydrogens is 208 g/mol. The lowest BCUT2D eigenvalue weighted by atomic mass is 9.39. The van der Waals surface area contributed by atoms with E-state index in [0.717, 1.165) is 30.6 Å². The molecule has 0 aromatic carbocycles. The van der Waals surface area contributed by atoms with Crippen LogP contribution in [-0.2, 0) is 4.79 Å². The molecular formula is C16H26O. The van der Waals surface area contributed by atoms with Crippen molar-refractivity contribution in [3.8, 4) is 0 Å². The lowest BCUT2D eigenvalue weighted by Crippen LogP contribution is -2.63. The van der Waals surface area contributed by atoms with Crippen molar-refractivity contribution in [3.63, 3.8) is 0 Å². The Morgan fingerprint density at radius 1 is 1.24 bits per heavy atom. The lowest BCUT2D eigenvalue weighted by Gasteiger charge is -2.64. The molecule has 3 fully saturated rings. The first-order chi connectivity index (χ1) is 7.89. The molecule has 0 bridgehead atoms. The second-order valence-corrected chi connectivity index (χ2v) is 7.86. The van der Waals surface area contributed by atoms with Crippen molar-refractivity contribution in [2.75, 3.05) is 0 Å². The summed E-state index contributed by atoms with van der Waals surface area (Å²) < 4.78 is 0. The highest BCUT2D eigenvalue weighted by Crippen LogP contribution is 2.71. The molecule has 1 heteroatoms. The van der Waals surface area contributed by atoms with E-state index < -0.39 is 0 Å². The molecule has 3 aliphatic carbocycles. The van der Waals surface area contributed by atoms with Crippen molar-refractivity contribution in [1.29, 1.82) is 0 Å². The zero-order valence-corrected chi connectivity index (χ0v) is 11.8. The van der Waals surface area contributed by atoms with Crippen LogP contribution in [0.2, 0.25) is 0 Å². The highest BCUT2D eigenvalue weighted by molar-refractivity contribution is 5.88. The van der Waals surface area contributed by atoms with Gasteiger partial charge in [-0.3, -0.25) is 4.79 Å². The molecule has 5 atom stereocenters. The highest BCUT2D eigenvalue weighted by atomic mass is 16.1. The molecule has 96 valence electrons. The van der Waals surface area contributed by atoms with E-state index in [1.165, 1.54) is 19.3 Å². The van der Waals surface area contributed by atoms with Crippen molar-refractivity contribution in [1.82, 2.24) is 0 Å². The van der Waals surface area contributed by atoms with Crippen LogP contribution in [0.25, 0.3) is 0 Å². The molecule has 3 aliphatic rings. The zero-order valence-electron chi connectivity index (χ0n) is 11.8. The molecule has 1 nitrogen and oxygen atoms in total. The average Bonchev–Trinajstić information content (AvgIpc) is 2.60. The molecule has 0 N–H and O–H groups in total. The van der Waals surface area contributed by atoms with Crippen LogP contribution in [0.4, 0.5) is 0 Å². The molecule has 0 amide bonds. The van der Waals surface area contributed by atoms with Crippen LogP contribution >= 0.6 is 0 Å². The fourth-order valence-corrected chi connectivity index (χ4v) is 5.73. The highest BCUT2D eigenvalue weighted by Gasteiger charge is 2.69. The fraction of sp³-hybridized carbons (Fsp3) is 0.938. The van der Waals surface area contributed by atoms with E-state index in [1.54, 1.807) is 0 Å². The van der Waals surface area contributed by atoms with Gasteiger partial charge in [-0.15, -0.1) is 0 Å². The molecule has 0 aromatic rings. The first-order valence-corrected chi connectivity index (χ1v) is 7.42. The molecule has 3 rings (SSSR count). The van der Waals surface area contributed by atoms with Gasteiger partial charge in [0.15, 0.2) is 0 Å². The standard InChI is InChI=1S/C16H26O/c1-10-11-6-5-9-16(11)13(17)8-7-12(14(10)16)15(2,3)4/h10-12,14H,5-9H2,1-4H3/t10-,11+,12+,14-,16+/m0/s1. The fourth-order valence-electron chi connectivity index (χ4n) is 5.73. The van der Waals surface area contributed by atoms with Crippen molar-refractivity contribution in [2.45, 2.75) is 59.8 Å². The van der Waals surface area contributed by atoms with Gasteiger partial charge >= 0.3 is 0 Å². The Labute approximate surface area is 105 Å². The Morgan fingerprint density at radius 2 is 1.94 bits per heavy atom. The smallest absolute Gasteiger partial charge is 0.139 e. The second-order valence-electron chi connectivity index (χ2n) is 7.86. The van der Waals surface area contributed by atoms with Gasteiger partial charge in [0.25, 0.3) is 0 Å². The maximum atomic E-state index is 12.5. The van der Waals surface area contributed by atoms with E-state index in [9.17, 15) is 4.79 Å². The Hall–Kier alpha value is -0.330. The number of Topliss-reactive ketones (excluding diaryl/α,β-unsaturated/α-hetero) is 1. The number of rotatable bonds is 0. The molecule has 0 saturated heterocycles. The predicted octanol–water partition coefficient (Wildman–Crippen LogP) is 4.06. The van der Waals surface area contributed by atoms with Gasteiger partial charge in [-0.25, -0.2) is 0 Å². The molecule has 0 aliphatic heterocycles. The van der Waals surface area contributed by atoms with Gasteiger partial charge in [-0.1, -0.05) is 34.1 Å². The van der Waals surface area contributed by atoms with Gasteiger partial charge in [-0.05, 0) is 48.3 Å². The number of hydrogen-bond acceptors (Lipinski definition) is 1. The third kappa shape index (κ3) is 1.29. The minimum Gasteiger partial charge on any atom is -0.299 e. The summed E-state index contributed by atoms with van der Waals surface area (Å²) in [4.78, 5) is 12.5. The molecule has 3 saturated carbocycles. The number of ketones is 1. The average molecular weight is 234 g/mol. The van der Waals surface area contributed by atoms with Crippen LogP contribution in [0.3, 0.4) is 0 Å². The van der Waals surface area contributed by atoms with Gasteiger partial charge in [0.2, 0.25) is 0 Å². The summed E-state index contributed by atoms with van der Waals surface area (Å²) in [5, 5.41) is 0. The van der Waals surface area contributed by atoms with Gasteiger partial charge in [-0.2, -0.15) is 0 Å². The van der Waals surface area contributed by atoms with E-state index in [0.29, 0.717) is 17.1 Å². The minimum absolute atomic E-state index is 0.148. The number of hydrogen-bond donors (Lipinski definition) is 0. The second kappa shape index (κ2) is 3.36. The van der Waals surface area contributed by atoms with E-state index in [4.69, 9.17) is 0 Å². The molecule has 0 unspecified atom stereocenters. The quantitative estimate of drug-likeness (QED) is 0.617. The van der Waals surface area contributed by atoms with Crippen LogP contribution in [0.1, 0.15) is 59.8 Å². The Morgan fingerprint density at radius 3 is 2.59 bits per heavy atom. The van der Waals surface area contributed by atoms with Crippen LogP contribution in [0.5, 0.6) is 0 Å². The van der Waals surface area contributed by atoms with Gasteiger partial charge in [0, 0.05) is 11.8 Å². The SMILES string of the molecule is C[C@@H]1[C@H]2[C@H](C(C)(C)C)CCC(=O)[C@]23CCC[C@H]13. The topological polar surface area (TPSA) is 17.1 Å². The summed E-state index contributed by atoms with van der Waals surface area (Å²) in [6, 6.07) is 0. The Bertz CT molecular complexity index is 351. The van der Waals surface area contributed by atoms with E-state index in [-0.39, 0.29) is 5.41 Å². The van der Waals surface area contributed by atoms with Crippen molar-refractivity contribution in [2.24, 2.45) is 34.5 Å². The van der Waals surface area contributed by atoms with Gasteiger partial charge in [0.05, 0.1) is 0 Å². The first-order valence-electron chi connectivity index (χ1n) is 7.42. The predicted molar refractivity (Wildman–Crippen MR) is 69.6 cm³/mol. The Balaban J connectivity index is 1.98. The monoisotopic (exact) mass is 234 g/mol. The lowest BCUT2D eigenvalue weighted by molar-refractivity contribution is -0.185. The van der Waals surface area contributed by atoms with Crippen molar-refractivity contribution >= 4 is 5.78 Å². The Kier molecular flexibility index (Phi) is 2.32. The van der Waals surface area contributed by atoms with Gasteiger partial charge in [0.1, 0.15) is 5.78 Å². The van der Waals surface area contributed by atoms with E-state index in [2.05, 4.69) is 27.7 Å². The summed E-state index contributed by atoms with van der Waals surface area (Å²) in [5.41, 5.74) is 0.524. The number of carbonyl (C=O) groups is 1. The molecule has 0 aromatic heterocycles. The first kappa shape index (κ1) is 11.7. The zero-order chi connectivity index (χ0) is 12.4. The summed E-state index contributed by atoms with van der Waals surface area (Å²) in [6.07, 6.45) is 5.83. The van der Waals surface area contributed by atoms with Crippen LogP contribution in [-0.4, -0.2) is 5.78 Å². The van der Waals surface area contributed by atoms with Gasteiger partial charge < -0.3 is 0 Å². The normalized spacial score (nSPS) is 49.5. The summed E-state index contributed by atoms with van der Waals surface area (Å²) in [7, 11) is 0. The molecule has 17 heavy (non-hydrogen) atoms. The molecule has 1 spiro atoms. The van der Waals surface area contributed by atoms with Crippen LogP contribution < -0.4 is 0 Å². The minimum atomic E-state index is 0.148. The van der Waals surface area contributed by atoms with Crippen LogP contribution in [0.15, 0.2) is 0 Å². The maximum Gasteiger partial charge on any atom is 0.139 e. The van der Waals surface area contributed by atoms with Crippen LogP contribution in [0, 0.1) is 34.5 Å². The summed E-state index contributed by atoms with van der Waals surface area (Å²) in [6.45, 7) is 9.53.